The minimum Gasteiger partial charge on any atom is -0.489 e. The highest BCUT2D eigenvalue weighted by molar-refractivity contribution is 5.77. The third-order valence-electron chi connectivity index (χ3n) is 5.27. The van der Waals surface area contributed by atoms with Crippen LogP contribution in [0.3, 0.4) is 0 Å². The number of carbonyl (C=O) groups excluding carboxylic acids is 1. The molecule has 1 atom stereocenters. The molecule has 0 fully saturated rings. The van der Waals surface area contributed by atoms with Crippen molar-refractivity contribution in [2.75, 3.05) is 11.5 Å². The van der Waals surface area contributed by atoms with Crippen LogP contribution in [0.25, 0.3) is 0 Å². The summed E-state index contributed by atoms with van der Waals surface area (Å²) in [6.07, 6.45) is 0.396. The van der Waals surface area contributed by atoms with Crippen LogP contribution in [0, 0.1) is 6.92 Å². The Morgan fingerprint density at radius 1 is 0.966 bits per heavy atom. The first-order valence-electron chi connectivity index (χ1n) is 10.0. The topological polar surface area (TPSA) is 41.6 Å². The van der Waals surface area contributed by atoms with Gasteiger partial charge in [0.05, 0.1) is 18.2 Å². The molecule has 0 saturated carbocycles. The number of amides is 1. The molecule has 3 aromatic rings. The van der Waals surface area contributed by atoms with Crippen LogP contribution in [0.15, 0.2) is 78.9 Å². The first kappa shape index (κ1) is 19.1. The average molecular weight is 386 g/mol. The number of para-hydroxylation sites is 2. The zero-order valence-electron chi connectivity index (χ0n) is 16.7. The molecule has 0 radical (unpaired) electrons. The predicted octanol–water partition coefficient (Wildman–Crippen LogP) is 4.47. The van der Waals surface area contributed by atoms with Gasteiger partial charge in [-0.25, -0.2) is 0 Å². The van der Waals surface area contributed by atoms with Gasteiger partial charge in [0.2, 0.25) is 5.91 Å². The van der Waals surface area contributed by atoms with Crippen molar-refractivity contribution in [3.8, 4) is 5.75 Å². The summed E-state index contributed by atoms with van der Waals surface area (Å²) in [4.78, 5) is 14.9. The molecule has 0 aliphatic carbocycles. The van der Waals surface area contributed by atoms with E-state index in [1.54, 1.807) is 0 Å². The number of hydrogen-bond acceptors (Lipinski definition) is 3. The van der Waals surface area contributed by atoms with Crippen LogP contribution in [0.1, 0.15) is 23.1 Å². The number of hydrogen-bond donors (Lipinski definition) is 1. The van der Waals surface area contributed by atoms with Crippen molar-refractivity contribution in [2.24, 2.45) is 0 Å². The summed E-state index contributed by atoms with van der Waals surface area (Å²) in [7, 11) is 0. The first-order chi connectivity index (χ1) is 14.2. The molecule has 0 saturated heterocycles. The largest absolute Gasteiger partial charge is 0.489 e. The van der Waals surface area contributed by atoms with Crippen LogP contribution in [0.2, 0.25) is 0 Å². The summed E-state index contributed by atoms with van der Waals surface area (Å²) in [6, 6.07) is 26.6. The summed E-state index contributed by atoms with van der Waals surface area (Å²) < 4.78 is 5.97. The normalized spacial score (nSPS) is 15.3. The second-order valence-electron chi connectivity index (χ2n) is 7.51. The quantitative estimate of drug-likeness (QED) is 0.680. The molecule has 4 nitrogen and oxygen atoms in total. The van der Waals surface area contributed by atoms with E-state index in [1.165, 1.54) is 11.1 Å². The van der Waals surface area contributed by atoms with Crippen LogP contribution in [-0.2, 0) is 17.9 Å². The van der Waals surface area contributed by atoms with Crippen LogP contribution < -0.4 is 15.0 Å². The minimum absolute atomic E-state index is 0.0121. The third kappa shape index (κ3) is 4.77. The van der Waals surface area contributed by atoms with Gasteiger partial charge in [0.1, 0.15) is 12.4 Å². The van der Waals surface area contributed by atoms with Crippen molar-refractivity contribution >= 4 is 11.6 Å². The number of fused-ring (bicyclic) bond motifs is 1. The Morgan fingerprint density at radius 3 is 2.48 bits per heavy atom. The highest BCUT2D eigenvalue weighted by atomic mass is 16.5. The van der Waals surface area contributed by atoms with Gasteiger partial charge in [-0.2, -0.15) is 0 Å². The van der Waals surface area contributed by atoms with Gasteiger partial charge in [-0.3, -0.25) is 4.79 Å². The molecule has 0 spiro atoms. The van der Waals surface area contributed by atoms with E-state index in [4.69, 9.17) is 4.74 Å². The van der Waals surface area contributed by atoms with Crippen LogP contribution in [-0.4, -0.2) is 18.6 Å². The van der Waals surface area contributed by atoms with Crippen molar-refractivity contribution in [1.82, 2.24) is 5.32 Å². The van der Waals surface area contributed by atoms with Gasteiger partial charge in [-0.05, 0) is 30.2 Å². The number of ether oxygens (including phenoxy) is 1. The maximum absolute atomic E-state index is 12.6. The van der Waals surface area contributed by atoms with E-state index in [0.717, 1.165) is 23.5 Å². The third-order valence-corrected chi connectivity index (χ3v) is 5.27. The number of nitrogens with one attached hydrogen (secondary N) is 1. The minimum atomic E-state index is -0.0121. The first-order valence-corrected chi connectivity index (χ1v) is 10.0. The van der Waals surface area contributed by atoms with Crippen molar-refractivity contribution < 1.29 is 9.53 Å². The number of aryl methyl sites for hydroxylation is 1. The Hall–Kier alpha value is -3.27. The van der Waals surface area contributed by atoms with Crippen molar-refractivity contribution in [1.29, 1.82) is 0 Å². The molecule has 1 aliphatic heterocycles. The monoisotopic (exact) mass is 386 g/mol. The van der Waals surface area contributed by atoms with Crippen molar-refractivity contribution in [3.05, 3.63) is 95.6 Å². The van der Waals surface area contributed by atoms with E-state index >= 15 is 0 Å². The Kier molecular flexibility index (Phi) is 5.80. The lowest BCUT2D eigenvalue weighted by Gasteiger charge is -2.38. The molecule has 4 rings (SSSR count). The molecular weight excluding hydrogens is 360 g/mol. The zero-order chi connectivity index (χ0) is 20.1. The lowest BCUT2D eigenvalue weighted by molar-refractivity contribution is -0.121. The lowest BCUT2D eigenvalue weighted by Crippen LogP contribution is -2.45. The Labute approximate surface area is 172 Å². The summed E-state index contributed by atoms with van der Waals surface area (Å²) in [5.74, 6) is 0.913. The van der Waals surface area contributed by atoms with Crippen molar-refractivity contribution in [2.45, 2.75) is 32.5 Å². The van der Waals surface area contributed by atoms with Gasteiger partial charge in [-0.15, -0.1) is 0 Å². The Balaban J connectivity index is 1.48. The lowest BCUT2D eigenvalue weighted by atomic mass is 10.1. The molecule has 1 N–H and O–H groups in total. The number of rotatable bonds is 6. The zero-order valence-corrected chi connectivity index (χ0v) is 16.7. The van der Waals surface area contributed by atoms with Crippen LogP contribution in [0.4, 0.5) is 5.69 Å². The maximum atomic E-state index is 12.6. The average Bonchev–Trinajstić information content (AvgIpc) is 2.76. The molecule has 1 amide bonds. The molecule has 148 valence electrons. The Bertz CT molecular complexity index is 954. The fraction of sp³-hybridized carbons (Fsp3) is 0.240. The second kappa shape index (κ2) is 8.82. The standard InChI is InChI=1S/C25H26N2O2/c1-19-11-13-21(14-12-19)17-27-22(18-29-24-10-6-5-9-23(24)27)15-25(28)26-16-20-7-3-2-4-8-20/h2-14,22H,15-18H2,1H3,(H,26,28)/t22-/m1/s1. The molecule has 3 aromatic carbocycles. The molecular formula is C25H26N2O2. The fourth-order valence-corrected chi connectivity index (χ4v) is 3.65. The smallest absolute Gasteiger partial charge is 0.222 e. The number of benzene rings is 3. The van der Waals surface area contributed by atoms with E-state index in [-0.39, 0.29) is 11.9 Å². The summed E-state index contributed by atoms with van der Waals surface area (Å²) in [6.45, 7) is 3.88. The molecule has 1 aliphatic rings. The van der Waals surface area contributed by atoms with Crippen LogP contribution in [0.5, 0.6) is 5.75 Å². The number of anilines is 1. The molecule has 0 unspecified atom stereocenters. The van der Waals surface area contributed by atoms with Gasteiger partial charge in [-0.1, -0.05) is 72.3 Å². The summed E-state index contributed by atoms with van der Waals surface area (Å²) >= 11 is 0. The van der Waals surface area contributed by atoms with E-state index in [0.29, 0.717) is 19.6 Å². The molecule has 0 aromatic heterocycles. The van der Waals surface area contributed by atoms with Crippen LogP contribution >= 0.6 is 0 Å². The second-order valence-corrected chi connectivity index (χ2v) is 7.51. The van der Waals surface area contributed by atoms with E-state index in [2.05, 4.69) is 47.5 Å². The van der Waals surface area contributed by atoms with Gasteiger partial charge < -0.3 is 15.0 Å². The van der Waals surface area contributed by atoms with Gasteiger partial charge >= 0.3 is 0 Å². The van der Waals surface area contributed by atoms with E-state index < -0.39 is 0 Å². The summed E-state index contributed by atoms with van der Waals surface area (Å²) in [5, 5.41) is 3.04. The highest BCUT2D eigenvalue weighted by Gasteiger charge is 2.29. The molecule has 29 heavy (non-hydrogen) atoms. The highest BCUT2D eigenvalue weighted by Crippen LogP contribution is 2.35. The van der Waals surface area contributed by atoms with E-state index in [1.807, 2.05) is 48.5 Å². The molecule has 0 bridgehead atoms. The number of nitrogens with zero attached hydrogens (tertiary/aromatic N) is 1. The molecule has 4 heteroatoms. The maximum Gasteiger partial charge on any atom is 0.222 e. The van der Waals surface area contributed by atoms with Gasteiger partial charge in [0.15, 0.2) is 0 Å². The number of carbonyl (C=O) groups is 1. The van der Waals surface area contributed by atoms with Crippen molar-refractivity contribution in [3.63, 3.8) is 0 Å². The molecule has 1 heterocycles. The SMILES string of the molecule is Cc1ccc(CN2c3ccccc3OC[C@H]2CC(=O)NCc2ccccc2)cc1. The fourth-order valence-electron chi connectivity index (χ4n) is 3.65. The predicted molar refractivity (Wildman–Crippen MR) is 116 cm³/mol. The van der Waals surface area contributed by atoms with Gasteiger partial charge in [0, 0.05) is 13.1 Å². The van der Waals surface area contributed by atoms with E-state index in [9.17, 15) is 4.79 Å². The summed E-state index contributed by atoms with van der Waals surface area (Å²) in [5.41, 5.74) is 4.61. The Morgan fingerprint density at radius 2 is 1.69 bits per heavy atom. The van der Waals surface area contributed by atoms with Gasteiger partial charge in [0.25, 0.3) is 0 Å².